The third-order valence-electron chi connectivity index (χ3n) is 4.72. The molecule has 0 aromatic carbocycles. The number of carbonyl (C=O) groups excluding carboxylic acids is 1. The second-order valence-corrected chi connectivity index (χ2v) is 7.96. The Hall–Kier alpha value is -2.38. The van der Waals surface area contributed by atoms with Crippen LogP contribution in [0, 0.1) is 10.1 Å². The Morgan fingerprint density at radius 2 is 2.15 bits per heavy atom. The van der Waals surface area contributed by atoms with E-state index in [4.69, 9.17) is 4.74 Å². The zero-order valence-electron chi connectivity index (χ0n) is 15.6. The minimum Gasteiger partial charge on any atom is -0.444 e. The Labute approximate surface area is 153 Å². The van der Waals surface area contributed by atoms with Crippen LogP contribution in [0.4, 0.5) is 16.2 Å². The highest BCUT2D eigenvalue weighted by Gasteiger charge is 2.32. The standard InChI is InChI=1S/C18H26N4O4/c1-18(2,3)26-17(23)20-12-6-5-9-21(11-12)16-13-7-4-8-14(13)19-10-15(16)22(24)25/h10,12H,4-9,11H2,1-3H3,(H,20,23). The van der Waals surface area contributed by atoms with Crippen molar-refractivity contribution < 1.29 is 14.5 Å². The number of pyridine rings is 1. The van der Waals surface area contributed by atoms with Crippen molar-refractivity contribution in [1.29, 1.82) is 0 Å². The Kier molecular flexibility index (Phi) is 5.02. The molecule has 1 amide bonds. The quantitative estimate of drug-likeness (QED) is 0.656. The number of alkyl carbamates (subject to hydrolysis) is 1. The van der Waals surface area contributed by atoms with Crippen LogP contribution in [0.5, 0.6) is 0 Å². The van der Waals surface area contributed by atoms with Gasteiger partial charge in [0.1, 0.15) is 17.5 Å². The van der Waals surface area contributed by atoms with Crippen molar-refractivity contribution >= 4 is 17.5 Å². The normalized spacial score (nSPS) is 19.8. The fourth-order valence-corrected chi connectivity index (χ4v) is 3.74. The molecular formula is C18H26N4O4. The van der Waals surface area contributed by atoms with Crippen molar-refractivity contribution in [2.24, 2.45) is 0 Å². The van der Waals surface area contributed by atoms with Gasteiger partial charge >= 0.3 is 11.8 Å². The van der Waals surface area contributed by atoms with Gasteiger partial charge in [0.25, 0.3) is 0 Å². The number of anilines is 1. The monoisotopic (exact) mass is 362 g/mol. The van der Waals surface area contributed by atoms with Gasteiger partial charge in [-0.3, -0.25) is 15.1 Å². The smallest absolute Gasteiger partial charge is 0.407 e. The van der Waals surface area contributed by atoms with Crippen LogP contribution in [0.15, 0.2) is 6.20 Å². The summed E-state index contributed by atoms with van der Waals surface area (Å²) in [6.45, 7) is 6.75. The second-order valence-electron chi connectivity index (χ2n) is 7.96. The molecule has 8 heteroatoms. The maximum Gasteiger partial charge on any atom is 0.407 e. The van der Waals surface area contributed by atoms with Crippen LogP contribution in [0.2, 0.25) is 0 Å². The summed E-state index contributed by atoms with van der Waals surface area (Å²) in [5.41, 5.74) is 2.16. The van der Waals surface area contributed by atoms with Gasteiger partial charge in [0, 0.05) is 30.4 Å². The number of aromatic nitrogens is 1. The molecule has 1 aliphatic carbocycles. The number of nitrogens with one attached hydrogen (secondary N) is 1. The molecule has 0 radical (unpaired) electrons. The third kappa shape index (κ3) is 4.05. The number of rotatable bonds is 3. The maximum atomic E-state index is 12.1. The zero-order chi connectivity index (χ0) is 18.9. The molecular weight excluding hydrogens is 336 g/mol. The van der Waals surface area contributed by atoms with Gasteiger partial charge in [-0.15, -0.1) is 0 Å². The lowest BCUT2D eigenvalue weighted by molar-refractivity contribution is -0.384. The van der Waals surface area contributed by atoms with Gasteiger partial charge in [0.05, 0.1) is 4.92 Å². The molecule has 1 N–H and O–H groups in total. The van der Waals surface area contributed by atoms with Crippen LogP contribution in [0.1, 0.15) is 51.3 Å². The molecule has 0 bridgehead atoms. The van der Waals surface area contributed by atoms with E-state index >= 15 is 0 Å². The molecule has 2 aliphatic rings. The lowest BCUT2D eigenvalue weighted by atomic mass is 10.0. The molecule has 2 heterocycles. The maximum absolute atomic E-state index is 12.1. The molecule has 1 atom stereocenters. The number of hydrogen-bond acceptors (Lipinski definition) is 6. The van der Waals surface area contributed by atoms with E-state index < -0.39 is 11.7 Å². The Bertz CT molecular complexity index is 714. The number of piperidine rings is 1. The average Bonchev–Trinajstić information content (AvgIpc) is 3.00. The van der Waals surface area contributed by atoms with Crippen molar-refractivity contribution in [3.8, 4) is 0 Å². The molecule has 1 aromatic rings. The summed E-state index contributed by atoms with van der Waals surface area (Å²) in [5.74, 6) is 0. The first-order chi connectivity index (χ1) is 12.2. The number of ether oxygens (including phenoxy) is 1. The fraction of sp³-hybridized carbons (Fsp3) is 0.667. The van der Waals surface area contributed by atoms with E-state index in [-0.39, 0.29) is 16.7 Å². The predicted octanol–water partition coefficient (Wildman–Crippen LogP) is 2.97. The van der Waals surface area contributed by atoms with Gasteiger partial charge in [-0.05, 0) is 52.9 Å². The number of amides is 1. The number of nitro groups is 1. The van der Waals surface area contributed by atoms with Crippen LogP contribution in [-0.4, -0.2) is 40.7 Å². The number of fused-ring (bicyclic) bond motifs is 1. The van der Waals surface area contributed by atoms with Gasteiger partial charge in [-0.25, -0.2) is 4.79 Å². The van der Waals surface area contributed by atoms with E-state index in [2.05, 4.69) is 10.3 Å². The summed E-state index contributed by atoms with van der Waals surface area (Å²) in [7, 11) is 0. The van der Waals surface area contributed by atoms with Crippen LogP contribution >= 0.6 is 0 Å². The van der Waals surface area contributed by atoms with Crippen molar-refractivity contribution in [3.63, 3.8) is 0 Å². The largest absolute Gasteiger partial charge is 0.444 e. The van der Waals surface area contributed by atoms with Crippen LogP contribution in [-0.2, 0) is 17.6 Å². The van der Waals surface area contributed by atoms with Gasteiger partial charge in [0.15, 0.2) is 0 Å². The Morgan fingerprint density at radius 1 is 1.38 bits per heavy atom. The molecule has 1 saturated heterocycles. The Morgan fingerprint density at radius 3 is 2.85 bits per heavy atom. The molecule has 1 aliphatic heterocycles. The van der Waals surface area contributed by atoms with E-state index in [0.717, 1.165) is 49.9 Å². The molecule has 26 heavy (non-hydrogen) atoms. The molecule has 142 valence electrons. The van der Waals surface area contributed by atoms with E-state index in [0.29, 0.717) is 12.2 Å². The van der Waals surface area contributed by atoms with Crippen LogP contribution in [0.3, 0.4) is 0 Å². The molecule has 0 saturated carbocycles. The minimum absolute atomic E-state index is 0.0589. The number of hydrogen-bond donors (Lipinski definition) is 1. The summed E-state index contributed by atoms with van der Waals surface area (Å²) >= 11 is 0. The van der Waals surface area contributed by atoms with Crippen molar-refractivity contribution in [3.05, 3.63) is 27.6 Å². The molecule has 1 fully saturated rings. The summed E-state index contributed by atoms with van der Waals surface area (Å²) in [6.07, 6.45) is 5.28. The van der Waals surface area contributed by atoms with Crippen molar-refractivity contribution in [2.75, 3.05) is 18.0 Å². The summed E-state index contributed by atoms with van der Waals surface area (Å²) in [6, 6.07) is -0.0941. The first-order valence-corrected chi connectivity index (χ1v) is 9.14. The summed E-state index contributed by atoms with van der Waals surface area (Å²) < 4.78 is 5.33. The lowest BCUT2D eigenvalue weighted by Crippen LogP contribution is -2.49. The highest BCUT2D eigenvalue weighted by Crippen LogP contribution is 2.38. The third-order valence-corrected chi connectivity index (χ3v) is 4.72. The second kappa shape index (κ2) is 7.09. The first kappa shape index (κ1) is 18.4. The highest BCUT2D eigenvalue weighted by molar-refractivity contribution is 5.71. The molecule has 8 nitrogen and oxygen atoms in total. The highest BCUT2D eigenvalue weighted by atomic mass is 16.6. The van der Waals surface area contributed by atoms with E-state index in [1.165, 1.54) is 6.20 Å². The zero-order valence-corrected chi connectivity index (χ0v) is 15.6. The topological polar surface area (TPSA) is 97.6 Å². The Balaban J connectivity index is 1.79. The van der Waals surface area contributed by atoms with Gasteiger partial charge < -0.3 is 15.0 Å². The summed E-state index contributed by atoms with van der Waals surface area (Å²) in [4.78, 5) is 29.6. The number of carbonyl (C=O) groups is 1. The summed E-state index contributed by atoms with van der Waals surface area (Å²) in [5, 5.41) is 14.4. The first-order valence-electron chi connectivity index (χ1n) is 9.14. The molecule has 1 unspecified atom stereocenters. The number of nitrogens with zero attached hydrogens (tertiary/aromatic N) is 3. The van der Waals surface area contributed by atoms with E-state index in [1.807, 2.05) is 25.7 Å². The van der Waals surface area contributed by atoms with Crippen LogP contribution < -0.4 is 10.2 Å². The van der Waals surface area contributed by atoms with Crippen LogP contribution in [0.25, 0.3) is 0 Å². The predicted molar refractivity (Wildman–Crippen MR) is 97.5 cm³/mol. The van der Waals surface area contributed by atoms with Crippen molar-refractivity contribution in [2.45, 2.75) is 64.5 Å². The van der Waals surface area contributed by atoms with Gasteiger partial charge in [-0.1, -0.05) is 0 Å². The average molecular weight is 362 g/mol. The molecule has 3 rings (SSSR count). The molecule has 1 aromatic heterocycles. The fourth-order valence-electron chi connectivity index (χ4n) is 3.74. The van der Waals surface area contributed by atoms with Crippen molar-refractivity contribution in [1.82, 2.24) is 10.3 Å². The SMILES string of the molecule is CC(C)(C)OC(=O)NC1CCCN(c2c([N+](=O)[O-])cnc3c2CCC3)C1. The van der Waals surface area contributed by atoms with E-state index in [9.17, 15) is 14.9 Å². The molecule has 0 spiro atoms. The van der Waals surface area contributed by atoms with Gasteiger partial charge in [0.2, 0.25) is 0 Å². The van der Waals surface area contributed by atoms with Gasteiger partial charge in [-0.2, -0.15) is 0 Å². The minimum atomic E-state index is -0.552. The van der Waals surface area contributed by atoms with E-state index in [1.54, 1.807) is 0 Å². The lowest BCUT2D eigenvalue weighted by Gasteiger charge is -2.35. The number of aryl methyl sites for hydroxylation is 1.